The van der Waals surface area contributed by atoms with Crippen LogP contribution < -0.4 is 10.1 Å². The van der Waals surface area contributed by atoms with E-state index in [-0.39, 0.29) is 10.7 Å². The number of carbonyl (C=O) groups is 1. The number of benzene rings is 2. The fraction of sp³-hybridized carbons (Fsp3) is 0.190. The molecule has 0 bridgehead atoms. The molecule has 1 aromatic heterocycles. The van der Waals surface area contributed by atoms with Gasteiger partial charge >= 0.3 is 0 Å². The lowest BCUT2D eigenvalue weighted by Crippen LogP contribution is -2.16. The predicted octanol–water partition coefficient (Wildman–Crippen LogP) is 5.38. The maximum atomic E-state index is 12.7. The van der Waals surface area contributed by atoms with Gasteiger partial charge in [-0.25, -0.2) is 9.97 Å². The fourth-order valence-electron chi connectivity index (χ4n) is 2.53. The van der Waals surface area contributed by atoms with Gasteiger partial charge in [0.25, 0.3) is 5.91 Å². The van der Waals surface area contributed by atoms with E-state index in [9.17, 15) is 4.79 Å². The number of amides is 1. The lowest BCUT2D eigenvalue weighted by atomic mass is 10.1. The molecule has 0 fully saturated rings. The van der Waals surface area contributed by atoms with Crippen LogP contribution in [0.2, 0.25) is 5.02 Å². The second kappa shape index (κ2) is 9.57. The quantitative estimate of drug-likeness (QED) is 0.416. The number of aryl methyl sites for hydroxylation is 1. The molecule has 1 heterocycles. The van der Waals surface area contributed by atoms with Crippen molar-refractivity contribution in [2.75, 3.05) is 11.9 Å². The molecule has 7 heteroatoms. The Bertz CT molecular complexity index is 981. The van der Waals surface area contributed by atoms with Gasteiger partial charge in [-0.05, 0) is 37.1 Å². The van der Waals surface area contributed by atoms with Gasteiger partial charge in [-0.3, -0.25) is 4.79 Å². The van der Waals surface area contributed by atoms with Crippen molar-refractivity contribution in [3.05, 3.63) is 76.6 Å². The Kier molecular flexibility index (Phi) is 6.90. The number of thioether (sulfide) groups is 1. The number of para-hydroxylation sites is 2. The smallest absolute Gasteiger partial charge is 0.276 e. The lowest BCUT2D eigenvalue weighted by molar-refractivity contribution is 0.102. The minimum absolute atomic E-state index is 0.134. The van der Waals surface area contributed by atoms with Crippen LogP contribution in [0.1, 0.15) is 28.5 Å². The van der Waals surface area contributed by atoms with Crippen molar-refractivity contribution in [3.63, 3.8) is 0 Å². The van der Waals surface area contributed by atoms with Gasteiger partial charge in [0.2, 0.25) is 0 Å². The van der Waals surface area contributed by atoms with E-state index in [1.807, 2.05) is 31.2 Å². The van der Waals surface area contributed by atoms with Crippen molar-refractivity contribution in [3.8, 4) is 5.75 Å². The topological polar surface area (TPSA) is 64.1 Å². The van der Waals surface area contributed by atoms with Crippen LogP contribution in [0, 0.1) is 6.92 Å². The number of aromatic nitrogens is 2. The highest BCUT2D eigenvalue weighted by Crippen LogP contribution is 2.26. The summed E-state index contributed by atoms with van der Waals surface area (Å²) in [4.78, 5) is 21.3. The highest BCUT2D eigenvalue weighted by Gasteiger charge is 2.16. The summed E-state index contributed by atoms with van der Waals surface area (Å²) in [5, 5.41) is 3.51. The first kappa shape index (κ1) is 20.2. The molecular weight excluding hydrogens is 394 g/mol. The third-order valence-electron chi connectivity index (χ3n) is 3.99. The second-order valence-corrected chi connectivity index (χ2v) is 7.30. The minimum Gasteiger partial charge on any atom is -0.492 e. The lowest BCUT2D eigenvalue weighted by Gasteiger charge is -2.12. The molecule has 1 amide bonds. The molecule has 3 aromatic rings. The van der Waals surface area contributed by atoms with Crippen molar-refractivity contribution in [1.82, 2.24) is 9.97 Å². The Balaban J connectivity index is 1.76. The summed E-state index contributed by atoms with van der Waals surface area (Å²) >= 11 is 7.63. The van der Waals surface area contributed by atoms with Crippen LogP contribution >= 0.6 is 23.4 Å². The van der Waals surface area contributed by atoms with Crippen LogP contribution in [0.4, 0.5) is 5.69 Å². The predicted molar refractivity (Wildman–Crippen MR) is 113 cm³/mol. The number of anilines is 1. The van der Waals surface area contributed by atoms with Gasteiger partial charge < -0.3 is 10.1 Å². The van der Waals surface area contributed by atoms with Gasteiger partial charge in [-0.2, -0.15) is 0 Å². The van der Waals surface area contributed by atoms with E-state index in [2.05, 4.69) is 34.3 Å². The molecule has 0 spiro atoms. The molecule has 0 atom stereocenters. The first-order valence-corrected chi connectivity index (χ1v) is 10.2. The van der Waals surface area contributed by atoms with Crippen LogP contribution in [0.5, 0.6) is 5.75 Å². The zero-order valence-electron chi connectivity index (χ0n) is 15.6. The Morgan fingerprint density at radius 1 is 1.18 bits per heavy atom. The van der Waals surface area contributed by atoms with E-state index in [1.54, 1.807) is 12.1 Å². The Morgan fingerprint density at radius 2 is 1.93 bits per heavy atom. The molecule has 0 aliphatic carbocycles. The summed E-state index contributed by atoms with van der Waals surface area (Å²) in [5.41, 5.74) is 3.10. The SMILES string of the molecule is CCOc1ccccc1NC(=O)c1nc(SCc2ccccc2C)ncc1Cl. The molecular formula is C21H20ClN3O2S. The Hall–Kier alpha value is -2.57. The monoisotopic (exact) mass is 413 g/mol. The average molecular weight is 414 g/mol. The van der Waals surface area contributed by atoms with Crippen molar-refractivity contribution >= 4 is 35.0 Å². The van der Waals surface area contributed by atoms with E-state index in [1.165, 1.54) is 29.1 Å². The van der Waals surface area contributed by atoms with Crippen molar-refractivity contribution in [2.45, 2.75) is 24.8 Å². The maximum Gasteiger partial charge on any atom is 0.276 e. The summed E-state index contributed by atoms with van der Waals surface area (Å²) in [7, 11) is 0. The van der Waals surface area contributed by atoms with E-state index >= 15 is 0 Å². The van der Waals surface area contributed by atoms with Crippen molar-refractivity contribution in [2.24, 2.45) is 0 Å². The first-order valence-electron chi connectivity index (χ1n) is 8.81. The molecule has 5 nitrogen and oxygen atoms in total. The van der Waals surface area contributed by atoms with Crippen LogP contribution in [-0.2, 0) is 5.75 Å². The number of carbonyl (C=O) groups excluding carboxylic acids is 1. The Labute approximate surface area is 173 Å². The molecule has 3 rings (SSSR count). The minimum atomic E-state index is -0.405. The van der Waals surface area contributed by atoms with E-state index in [0.717, 1.165) is 0 Å². The van der Waals surface area contributed by atoms with Crippen molar-refractivity contribution in [1.29, 1.82) is 0 Å². The Morgan fingerprint density at radius 3 is 2.71 bits per heavy atom. The molecule has 0 radical (unpaired) electrons. The highest BCUT2D eigenvalue weighted by atomic mass is 35.5. The molecule has 0 unspecified atom stereocenters. The number of hydrogen-bond donors (Lipinski definition) is 1. The molecule has 0 saturated heterocycles. The zero-order valence-corrected chi connectivity index (χ0v) is 17.2. The van der Waals surface area contributed by atoms with E-state index in [4.69, 9.17) is 16.3 Å². The first-order chi connectivity index (χ1) is 13.6. The van der Waals surface area contributed by atoms with Crippen LogP contribution in [0.25, 0.3) is 0 Å². The summed E-state index contributed by atoms with van der Waals surface area (Å²) < 4.78 is 5.54. The number of rotatable bonds is 7. The van der Waals surface area contributed by atoms with Crippen LogP contribution in [0.15, 0.2) is 59.9 Å². The fourth-order valence-corrected chi connectivity index (χ4v) is 3.60. The molecule has 28 heavy (non-hydrogen) atoms. The summed E-state index contributed by atoms with van der Waals surface area (Å²) in [6, 6.07) is 15.4. The number of nitrogens with one attached hydrogen (secondary N) is 1. The standard InChI is InChI=1S/C21H20ClN3O2S/c1-3-27-18-11-7-6-10-17(18)24-20(26)19-16(22)12-23-21(25-19)28-13-15-9-5-4-8-14(15)2/h4-12H,3,13H2,1-2H3,(H,24,26). The van der Waals surface area contributed by atoms with Crippen LogP contribution in [0.3, 0.4) is 0 Å². The molecule has 1 N–H and O–H groups in total. The largest absolute Gasteiger partial charge is 0.492 e. The van der Waals surface area contributed by atoms with Gasteiger partial charge in [0.1, 0.15) is 5.75 Å². The average Bonchev–Trinajstić information content (AvgIpc) is 2.70. The van der Waals surface area contributed by atoms with Gasteiger partial charge in [0.05, 0.1) is 23.5 Å². The van der Waals surface area contributed by atoms with Gasteiger partial charge in [-0.15, -0.1) is 0 Å². The van der Waals surface area contributed by atoms with Gasteiger partial charge in [0, 0.05) is 5.75 Å². The summed E-state index contributed by atoms with van der Waals surface area (Å²) in [6.07, 6.45) is 1.46. The number of hydrogen-bond acceptors (Lipinski definition) is 5. The number of nitrogens with zero attached hydrogens (tertiary/aromatic N) is 2. The summed E-state index contributed by atoms with van der Waals surface area (Å²) in [6.45, 7) is 4.45. The van der Waals surface area contributed by atoms with Gasteiger partial charge in [-0.1, -0.05) is 59.8 Å². The van der Waals surface area contributed by atoms with Gasteiger partial charge in [0.15, 0.2) is 10.9 Å². The number of halogens is 1. The number of ether oxygens (including phenoxy) is 1. The molecule has 0 aliphatic heterocycles. The van der Waals surface area contributed by atoms with Crippen molar-refractivity contribution < 1.29 is 9.53 Å². The molecule has 2 aromatic carbocycles. The normalized spacial score (nSPS) is 10.5. The molecule has 144 valence electrons. The second-order valence-electron chi connectivity index (χ2n) is 5.95. The van der Waals surface area contributed by atoms with Crippen LogP contribution in [-0.4, -0.2) is 22.5 Å². The molecule has 0 aliphatic rings. The molecule has 0 saturated carbocycles. The van der Waals surface area contributed by atoms with E-state index < -0.39 is 5.91 Å². The van der Waals surface area contributed by atoms with E-state index in [0.29, 0.717) is 29.0 Å². The zero-order chi connectivity index (χ0) is 19.9. The third-order valence-corrected chi connectivity index (χ3v) is 5.18. The summed E-state index contributed by atoms with van der Waals surface area (Å²) in [5.74, 6) is 0.901. The maximum absolute atomic E-state index is 12.7. The third kappa shape index (κ3) is 5.03. The highest BCUT2D eigenvalue weighted by molar-refractivity contribution is 7.98.